The third-order valence-corrected chi connectivity index (χ3v) is 2.04. The van der Waals surface area contributed by atoms with Crippen molar-refractivity contribution in [1.29, 1.82) is 0 Å². The van der Waals surface area contributed by atoms with Crippen molar-refractivity contribution in [3.8, 4) is 5.75 Å². The largest absolute Gasteiger partial charge is 0.487 e. The molecule has 2 rings (SSSR count). The van der Waals surface area contributed by atoms with E-state index in [9.17, 15) is 0 Å². The van der Waals surface area contributed by atoms with Crippen LogP contribution >= 0.6 is 0 Å². The number of ether oxygens (including phenoxy) is 1. The van der Waals surface area contributed by atoms with Crippen LogP contribution in [0.3, 0.4) is 0 Å². The van der Waals surface area contributed by atoms with Crippen molar-refractivity contribution in [2.24, 2.45) is 0 Å². The Bertz CT molecular complexity index is 296. The molecule has 1 N–H and O–H groups in total. The summed E-state index contributed by atoms with van der Waals surface area (Å²) in [5.74, 6) is 0.972. The lowest BCUT2D eigenvalue weighted by Crippen LogP contribution is -2.27. The number of nitrogens with one attached hydrogen (secondary N) is 1. The molecule has 0 radical (unpaired) electrons. The van der Waals surface area contributed by atoms with E-state index in [2.05, 4.69) is 31.3 Å². The normalized spacial score (nSPS) is 20.7. The Balaban J connectivity index is 2.37. The summed E-state index contributed by atoms with van der Waals surface area (Å²) in [5.41, 5.74) is 2.38. The lowest BCUT2D eigenvalue weighted by molar-refractivity contribution is 0.226. The minimum atomic E-state index is 0.278. The molecule has 0 aromatic heterocycles. The summed E-state index contributed by atoms with van der Waals surface area (Å²) >= 11 is 0. The van der Waals surface area contributed by atoms with Crippen molar-refractivity contribution in [3.05, 3.63) is 23.8 Å². The Morgan fingerprint density at radius 1 is 1.50 bits per heavy atom. The zero-order chi connectivity index (χ0) is 8.55. The number of benzene rings is 1. The van der Waals surface area contributed by atoms with Gasteiger partial charge in [-0.2, -0.15) is 0 Å². The van der Waals surface area contributed by atoms with Gasteiger partial charge in [0.1, 0.15) is 11.9 Å². The second-order valence-electron chi connectivity index (χ2n) is 3.31. The molecule has 12 heavy (non-hydrogen) atoms. The molecule has 1 heterocycles. The van der Waals surface area contributed by atoms with E-state index in [0.717, 1.165) is 18.0 Å². The highest BCUT2D eigenvalue weighted by molar-refractivity contribution is 5.59. The molecule has 0 bridgehead atoms. The molecule has 0 saturated carbocycles. The standard InChI is InChI=1S/C10H13NO/c1-7-3-4-10-9(5-7)11-6-8(2)12-10/h3-5,8,11H,6H2,1-2H3/t8-/m1/s1. The molecule has 0 fully saturated rings. The maximum absolute atomic E-state index is 5.62. The van der Waals surface area contributed by atoms with Gasteiger partial charge < -0.3 is 10.1 Å². The summed E-state index contributed by atoms with van der Waals surface area (Å²) in [7, 11) is 0. The van der Waals surface area contributed by atoms with E-state index in [1.807, 2.05) is 6.07 Å². The average molecular weight is 163 g/mol. The Kier molecular flexibility index (Phi) is 1.68. The molecule has 0 amide bonds. The van der Waals surface area contributed by atoms with Crippen molar-refractivity contribution < 1.29 is 4.74 Å². The lowest BCUT2D eigenvalue weighted by atomic mass is 10.2. The first-order valence-electron chi connectivity index (χ1n) is 4.27. The fourth-order valence-electron chi connectivity index (χ4n) is 1.40. The Labute approximate surface area is 72.5 Å². The van der Waals surface area contributed by atoms with Crippen molar-refractivity contribution in [3.63, 3.8) is 0 Å². The zero-order valence-corrected chi connectivity index (χ0v) is 7.42. The van der Waals surface area contributed by atoms with Crippen LogP contribution in [0.1, 0.15) is 12.5 Å². The molecule has 0 spiro atoms. The van der Waals surface area contributed by atoms with Gasteiger partial charge in [-0.05, 0) is 31.5 Å². The van der Waals surface area contributed by atoms with Gasteiger partial charge in [-0.3, -0.25) is 0 Å². The van der Waals surface area contributed by atoms with Crippen molar-refractivity contribution in [1.82, 2.24) is 0 Å². The fraction of sp³-hybridized carbons (Fsp3) is 0.400. The third-order valence-electron chi connectivity index (χ3n) is 2.04. The summed E-state index contributed by atoms with van der Waals surface area (Å²) in [6.45, 7) is 5.05. The number of aryl methyl sites for hydroxylation is 1. The molecular formula is C10H13NO. The monoisotopic (exact) mass is 163 g/mol. The molecule has 0 saturated heterocycles. The van der Waals surface area contributed by atoms with E-state index >= 15 is 0 Å². The van der Waals surface area contributed by atoms with Crippen LogP contribution in [-0.2, 0) is 0 Å². The van der Waals surface area contributed by atoms with Gasteiger partial charge in [-0.1, -0.05) is 6.07 Å². The predicted molar refractivity (Wildman–Crippen MR) is 49.8 cm³/mol. The van der Waals surface area contributed by atoms with Gasteiger partial charge in [0.25, 0.3) is 0 Å². The van der Waals surface area contributed by atoms with Gasteiger partial charge in [0, 0.05) is 0 Å². The lowest BCUT2D eigenvalue weighted by Gasteiger charge is -2.24. The molecule has 1 aliphatic heterocycles. The predicted octanol–water partition coefficient (Wildman–Crippen LogP) is 2.19. The first-order chi connectivity index (χ1) is 5.75. The molecule has 0 unspecified atom stereocenters. The van der Waals surface area contributed by atoms with Crippen LogP contribution < -0.4 is 10.1 Å². The second-order valence-corrected chi connectivity index (χ2v) is 3.31. The second kappa shape index (κ2) is 2.70. The van der Waals surface area contributed by atoms with Crippen LogP contribution in [0.4, 0.5) is 5.69 Å². The molecule has 1 atom stereocenters. The minimum absolute atomic E-state index is 0.278. The highest BCUT2D eigenvalue weighted by atomic mass is 16.5. The number of anilines is 1. The number of rotatable bonds is 0. The van der Waals surface area contributed by atoms with Crippen LogP contribution in [0.15, 0.2) is 18.2 Å². The van der Waals surface area contributed by atoms with Crippen LogP contribution in [0.2, 0.25) is 0 Å². The first kappa shape index (κ1) is 7.47. The van der Waals surface area contributed by atoms with Gasteiger partial charge in [0.15, 0.2) is 0 Å². The third kappa shape index (κ3) is 1.24. The van der Waals surface area contributed by atoms with E-state index in [0.29, 0.717) is 0 Å². The summed E-state index contributed by atoms with van der Waals surface area (Å²) in [6, 6.07) is 6.20. The maximum Gasteiger partial charge on any atom is 0.142 e. The van der Waals surface area contributed by atoms with Crippen LogP contribution in [0, 0.1) is 6.92 Å². The number of hydrogen-bond acceptors (Lipinski definition) is 2. The number of hydrogen-bond donors (Lipinski definition) is 1. The highest BCUT2D eigenvalue weighted by Crippen LogP contribution is 2.29. The van der Waals surface area contributed by atoms with Gasteiger partial charge in [0.2, 0.25) is 0 Å². The molecule has 2 nitrogen and oxygen atoms in total. The quantitative estimate of drug-likeness (QED) is 0.633. The van der Waals surface area contributed by atoms with E-state index in [-0.39, 0.29) is 6.10 Å². The first-order valence-corrected chi connectivity index (χ1v) is 4.27. The fourth-order valence-corrected chi connectivity index (χ4v) is 1.40. The van der Waals surface area contributed by atoms with Gasteiger partial charge in [-0.15, -0.1) is 0 Å². The maximum atomic E-state index is 5.62. The zero-order valence-electron chi connectivity index (χ0n) is 7.42. The summed E-state index contributed by atoms with van der Waals surface area (Å²) in [4.78, 5) is 0. The molecule has 1 aromatic carbocycles. The highest BCUT2D eigenvalue weighted by Gasteiger charge is 2.14. The van der Waals surface area contributed by atoms with E-state index < -0.39 is 0 Å². The summed E-state index contributed by atoms with van der Waals surface area (Å²) in [6.07, 6.45) is 0.278. The van der Waals surface area contributed by atoms with Crippen molar-refractivity contribution in [2.75, 3.05) is 11.9 Å². The molecule has 0 aliphatic carbocycles. The average Bonchev–Trinajstić information content (AvgIpc) is 2.05. The number of fused-ring (bicyclic) bond motifs is 1. The smallest absolute Gasteiger partial charge is 0.142 e. The van der Waals surface area contributed by atoms with Gasteiger partial charge in [0.05, 0.1) is 12.2 Å². The Morgan fingerprint density at radius 3 is 3.17 bits per heavy atom. The molecule has 2 heteroatoms. The van der Waals surface area contributed by atoms with Crippen LogP contribution in [0.25, 0.3) is 0 Å². The molecular weight excluding hydrogens is 150 g/mol. The Hall–Kier alpha value is -1.18. The van der Waals surface area contributed by atoms with Gasteiger partial charge in [-0.25, -0.2) is 0 Å². The molecule has 1 aromatic rings. The van der Waals surface area contributed by atoms with E-state index in [1.54, 1.807) is 0 Å². The van der Waals surface area contributed by atoms with Crippen LogP contribution in [0.5, 0.6) is 5.75 Å². The van der Waals surface area contributed by atoms with E-state index in [1.165, 1.54) is 5.56 Å². The summed E-state index contributed by atoms with van der Waals surface area (Å²) in [5, 5.41) is 3.33. The summed E-state index contributed by atoms with van der Waals surface area (Å²) < 4.78 is 5.62. The molecule has 1 aliphatic rings. The van der Waals surface area contributed by atoms with Crippen molar-refractivity contribution >= 4 is 5.69 Å². The van der Waals surface area contributed by atoms with Crippen molar-refractivity contribution in [2.45, 2.75) is 20.0 Å². The Morgan fingerprint density at radius 2 is 2.33 bits per heavy atom. The van der Waals surface area contributed by atoms with E-state index in [4.69, 9.17) is 4.74 Å². The van der Waals surface area contributed by atoms with Crippen LogP contribution in [-0.4, -0.2) is 12.6 Å². The molecule has 64 valence electrons. The van der Waals surface area contributed by atoms with Gasteiger partial charge >= 0.3 is 0 Å². The topological polar surface area (TPSA) is 21.3 Å². The SMILES string of the molecule is Cc1ccc2c(c1)NC[C@@H](C)O2. The minimum Gasteiger partial charge on any atom is -0.487 e.